The Morgan fingerprint density at radius 1 is 0.870 bits per heavy atom. The Morgan fingerprint density at radius 3 is 1.57 bits per heavy atom. The van der Waals surface area contributed by atoms with Gasteiger partial charge in [-0.05, 0) is 12.1 Å². The van der Waals surface area contributed by atoms with Gasteiger partial charge in [-0.1, -0.05) is 5.06 Å². The molecular formula is C14H11NO8. The number of ether oxygens (including phenoxy) is 2. The number of rotatable bonds is 3. The maximum absolute atomic E-state index is 12.1. The van der Waals surface area contributed by atoms with Crippen molar-refractivity contribution < 1.29 is 38.3 Å². The molecule has 0 bridgehead atoms. The van der Waals surface area contributed by atoms with Crippen LogP contribution in [0, 0.1) is 0 Å². The molecule has 0 aromatic heterocycles. The summed E-state index contributed by atoms with van der Waals surface area (Å²) in [6.45, 7) is 1.02. The Kier molecular flexibility index (Phi) is 4.12. The number of hydroxylamine groups is 2. The minimum atomic E-state index is -0.929. The lowest BCUT2D eigenvalue weighted by Crippen LogP contribution is -2.31. The van der Waals surface area contributed by atoms with Gasteiger partial charge in [0.2, 0.25) is 0 Å². The highest BCUT2D eigenvalue weighted by atomic mass is 16.7. The summed E-state index contributed by atoms with van der Waals surface area (Å²) >= 11 is 0. The molecule has 1 aromatic rings. The van der Waals surface area contributed by atoms with Gasteiger partial charge in [-0.15, -0.1) is 0 Å². The normalized spacial score (nSPS) is 12.7. The standard InChI is InChI=1S/C14H11NO8/c1-6(16)23-15-11(17)7-4-9(13(19)21-2)10(14(20)22-3)5-8(7)12(15)18/h4-5H,1-3H3. The molecule has 1 aliphatic rings. The van der Waals surface area contributed by atoms with E-state index in [-0.39, 0.29) is 27.3 Å². The van der Waals surface area contributed by atoms with Gasteiger partial charge in [0.25, 0.3) is 11.8 Å². The monoisotopic (exact) mass is 321 g/mol. The number of esters is 2. The molecule has 1 heterocycles. The third kappa shape index (κ3) is 2.63. The van der Waals surface area contributed by atoms with Crippen molar-refractivity contribution in [3.8, 4) is 0 Å². The molecule has 0 atom stereocenters. The highest BCUT2D eigenvalue weighted by Crippen LogP contribution is 2.27. The van der Waals surface area contributed by atoms with Crippen molar-refractivity contribution in [2.24, 2.45) is 0 Å². The van der Waals surface area contributed by atoms with Crippen LogP contribution in [0.5, 0.6) is 0 Å². The van der Waals surface area contributed by atoms with E-state index in [1.54, 1.807) is 0 Å². The van der Waals surface area contributed by atoms with Crippen molar-refractivity contribution in [3.05, 3.63) is 34.4 Å². The Labute approximate surface area is 129 Å². The summed E-state index contributed by atoms with van der Waals surface area (Å²) < 4.78 is 9.09. The first kappa shape index (κ1) is 16.1. The fourth-order valence-corrected chi connectivity index (χ4v) is 2.03. The highest BCUT2D eigenvalue weighted by Gasteiger charge is 2.40. The number of carbonyl (C=O) groups excluding carboxylic acids is 5. The lowest BCUT2D eigenvalue weighted by molar-refractivity contribution is -0.165. The summed E-state index contributed by atoms with van der Waals surface area (Å²) in [7, 11) is 2.18. The SMILES string of the molecule is COC(=O)c1cc2c(cc1C(=O)OC)C(=O)N(OC(C)=O)C2=O. The molecule has 0 unspecified atom stereocenters. The number of nitrogens with zero attached hydrogens (tertiary/aromatic N) is 1. The van der Waals surface area contributed by atoms with Gasteiger partial charge in [0, 0.05) is 6.92 Å². The first-order chi connectivity index (χ1) is 10.8. The fraction of sp³-hybridized carbons (Fsp3) is 0.214. The van der Waals surface area contributed by atoms with Crippen LogP contribution in [0.4, 0.5) is 0 Å². The van der Waals surface area contributed by atoms with Crippen LogP contribution < -0.4 is 0 Å². The highest BCUT2D eigenvalue weighted by molar-refractivity contribution is 6.22. The van der Waals surface area contributed by atoms with Gasteiger partial charge in [0.15, 0.2) is 0 Å². The van der Waals surface area contributed by atoms with Gasteiger partial charge in [0.1, 0.15) is 0 Å². The van der Waals surface area contributed by atoms with Gasteiger partial charge in [0.05, 0.1) is 36.5 Å². The zero-order valence-electron chi connectivity index (χ0n) is 12.4. The number of carbonyl (C=O) groups is 5. The minimum Gasteiger partial charge on any atom is -0.465 e. The molecule has 0 spiro atoms. The number of imide groups is 1. The average molecular weight is 321 g/mol. The van der Waals surface area contributed by atoms with Crippen LogP contribution in [0.2, 0.25) is 0 Å². The third-order valence-corrected chi connectivity index (χ3v) is 3.02. The molecule has 9 nitrogen and oxygen atoms in total. The van der Waals surface area contributed by atoms with Gasteiger partial charge < -0.3 is 14.3 Å². The first-order valence-electron chi connectivity index (χ1n) is 6.23. The summed E-state index contributed by atoms with van der Waals surface area (Å²) in [5.74, 6) is -4.51. The van der Waals surface area contributed by atoms with Crippen LogP contribution in [-0.4, -0.2) is 49.0 Å². The van der Waals surface area contributed by atoms with Crippen LogP contribution in [0.15, 0.2) is 12.1 Å². The van der Waals surface area contributed by atoms with Crippen LogP contribution in [0.25, 0.3) is 0 Å². The number of fused-ring (bicyclic) bond motifs is 1. The van der Waals surface area contributed by atoms with Gasteiger partial charge in [-0.2, -0.15) is 0 Å². The molecule has 0 N–H and O–H groups in total. The maximum Gasteiger partial charge on any atom is 0.338 e. The molecule has 1 aromatic carbocycles. The molecule has 2 amide bonds. The molecule has 0 saturated carbocycles. The van der Waals surface area contributed by atoms with Crippen LogP contribution >= 0.6 is 0 Å². The van der Waals surface area contributed by atoms with E-state index in [0.29, 0.717) is 0 Å². The quantitative estimate of drug-likeness (QED) is 0.577. The van der Waals surface area contributed by atoms with E-state index in [2.05, 4.69) is 14.3 Å². The van der Waals surface area contributed by atoms with E-state index < -0.39 is 29.7 Å². The lowest BCUT2D eigenvalue weighted by atomic mass is 9.99. The summed E-state index contributed by atoms with van der Waals surface area (Å²) in [6.07, 6.45) is 0. The van der Waals surface area contributed by atoms with Gasteiger partial charge >= 0.3 is 17.9 Å². The Morgan fingerprint density at radius 2 is 1.26 bits per heavy atom. The summed E-state index contributed by atoms with van der Waals surface area (Å²) in [5.41, 5.74) is -0.874. The average Bonchev–Trinajstić information content (AvgIpc) is 2.76. The maximum atomic E-state index is 12.1. The molecule has 1 aliphatic heterocycles. The van der Waals surface area contributed by atoms with E-state index in [0.717, 1.165) is 33.3 Å². The largest absolute Gasteiger partial charge is 0.465 e. The van der Waals surface area contributed by atoms with E-state index in [1.165, 1.54) is 0 Å². The van der Waals surface area contributed by atoms with Gasteiger partial charge in [-0.25, -0.2) is 14.4 Å². The van der Waals surface area contributed by atoms with Crippen LogP contribution in [0.3, 0.4) is 0 Å². The number of methoxy groups -OCH3 is 2. The zero-order chi connectivity index (χ0) is 17.3. The lowest BCUT2D eigenvalue weighted by Gasteiger charge is -2.10. The molecule has 0 aliphatic carbocycles. The first-order valence-corrected chi connectivity index (χ1v) is 6.23. The molecule has 0 radical (unpaired) electrons. The second kappa shape index (κ2) is 5.87. The van der Waals surface area contributed by atoms with E-state index in [1.807, 2.05) is 0 Å². The van der Waals surface area contributed by atoms with E-state index in [4.69, 9.17) is 0 Å². The van der Waals surface area contributed by atoms with Crippen LogP contribution in [0.1, 0.15) is 48.4 Å². The van der Waals surface area contributed by atoms with Crippen molar-refractivity contribution in [1.29, 1.82) is 0 Å². The molecule has 120 valence electrons. The summed E-state index contributed by atoms with van der Waals surface area (Å²) in [4.78, 5) is 63.3. The number of hydrogen-bond acceptors (Lipinski definition) is 8. The smallest absolute Gasteiger partial charge is 0.338 e. The van der Waals surface area contributed by atoms with Crippen molar-refractivity contribution in [2.75, 3.05) is 14.2 Å². The molecule has 0 fully saturated rings. The summed E-state index contributed by atoms with van der Waals surface area (Å²) in [6, 6.07) is 2.05. The minimum absolute atomic E-state index is 0.190. The predicted octanol–water partition coefficient (Wildman–Crippen LogP) is 0.334. The van der Waals surface area contributed by atoms with Gasteiger partial charge in [-0.3, -0.25) is 9.59 Å². The van der Waals surface area contributed by atoms with Crippen molar-refractivity contribution in [3.63, 3.8) is 0 Å². The fourth-order valence-electron chi connectivity index (χ4n) is 2.03. The zero-order valence-corrected chi connectivity index (χ0v) is 12.4. The van der Waals surface area contributed by atoms with Crippen molar-refractivity contribution in [1.82, 2.24) is 5.06 Å². The second-order valence-corrected chi connectivity index (χ2v) is 4.41. The van der Waals surface area contributed by atoms with E-state index in [9.17, 15) is 24.0 Å². The Bertz CT molecular complexity index is 696. The third-order valence-electron chi connectivity index (χ3n) is 3.02. The predicted molar refractivity (Wildman–Crippen MR) is 71.4 cm³/mol. The second-order valence-electron chi connectivity index (χ2n) is 4.41. The molecule has 23 heavy (non-hydrogen) atoms. The summed E-state index contributed by atoms with van der Waals surface area (Å²) in [5, 5.41) is 0.259. The molecule has 2 rings (SSSR count). The molecular weight excluding hydrogens is 310 g/mol. The number of amides is 2. The van der Waals surface area contributed by atoms with Crippen molar-refractivity contribution in [2.45, 2.75) is 6.92 Å². The van der Waals surface area contributed by atoms with E-state index >= 15 is 0 Å². The topological polar surface area (TPSA) is 116 Å². The Hall–Kier alpha value is -3.23. The molecule has 9 heteroatoms. The number of hydrogen-bond donors (Lipinski definition) is 0. The Balaban J connectivity index is 2.62. The van der Waals surface area contributed by atoms with Crippen LogP contribution in [-0.2, 0) is 19.1 Å². The van der Waals surface area contributed by atoms with Crippen molar-refractivity contribution >= 4 is 29.7 Å². The number of benzene rings is 1. The molecule has 0 saturated heterocycles.